The third kappa shape index (κ3) is 5.17. The molecule has 1 N–H and O–H groups in total. The third-order valence-corrected chi connectivity index (χ3v) is 2.62. The Balaban J connectivity index is 2.40. The number of carboxylic acids is 1. The molecule has 0 spiro atoms. The number of carboxylic acid groups (broad SMARTS) is 1. The van der Waals surface area contributed by atoms with E-state index in [4.69, 9.17) is 9.84 Å². The first-order valence-corrected chi connectivity index (χ1v) is 6.22. The van der Waals surface area contributed by atoms with Gasteiger partial charge in [-0.15, -0.1) is 0 Å². The number of carbonyl (C=O) groups is 1. The van der Waals surface area contributed by atoms with Crippen LogP contribution in [0.1, 0.15) is 31.7 Å². The Kier molecular flexibility index (Phi) is 6.19. The molecule has 1 unspecified atom stereocenters. The summed E-state index contributed by atoms with van der Waals surface area (Å²) in [6, 6.07) is 6.89. The SMILES string of the molecule is CCCCCOc1ccc(CC(F)C(=O)O)cc1. The summed E-state index contributed by atoms with van der Waals surface area (Å²) in [6.45, 7) is 2.80. The van der Waals surface area contributed by atoms with Crippen LogP contribution in [0.15, 0.2) is 24.3 Å². The lowest BCUT2D eigenvalue weighted by Crippen LogP contribution is -2.17. The quantitative estimate of drug-likeness (QED) is 0.724. The lowest BCUT2D eigenvalue weighted by atomic mass is 10.1. The van der Waals surface area contributed by atoms with Crippen LogP contribution in [0.2, 0.25) is 0 Å². The molecule has 0 radical (unpaired) electrons. The fourth-order valence-electron chi connectivity index (χ4n) is 1.56. The van der Waals surface area contributed by atoms with Crippen molar-refractivity contribution in [1.82, 2.24) is 0 Å². The van der Waals surface area contributed by atoms with E-state index in [0.29, 0.717) is 12.2 Å². The molecule has 1 aromatic rings. The van der Waals surface area contributed by atoms with Crippen LogP contribution >= 0.6 is 0 Å². The van der Waals surface area contributed by atoms with Crippen LogP contribution in [0.25, 0.3) is 0 Å². The second kappa shape index (κ2) is 7.69. The van der Waals surface area contributed by atoms with Gasteiger partial charge in [-0.25, -0.2) is 9.18 Å². The second-order valence-corrected chi connectivity index (χ2v) is 4.21. The van der Waals surface area contributed by atoms with Gasteiger partial charge in [0.25, 0.3) is 0 Å². The zero-order chi connectivity index (χ0) is 13.4. The normalized spacial score (nSPS) is 12.1. The molecular weight excluding hydrogens is 235 g/mol. The molecule has 4 heteroatoms. The van der Waals surface area contributed by atoms with Gasteiger partial charge in [-0.3, -0.25) is 0 Å². The molecule has 0 aromatic heterocycles. The predicted octanol–water partition coefficient (Wildman–Crippen LogP) is 3.22. The van der Waals surface area contributed by atoms with Gasteiger partial charge in [-0.05, 0) is 24.1 Å². The number of ether oxygens (including phenoxy) is 1. The topological polar surface area (TPSA) is 46.5 Å². The largest absolute Gasteiger partial charge is 0.494 e. The number of unbranched alkanes of at least 4 members (excludes halogenated alkanes) is 2. The summed E-state index contributed by atoms with van der Waals surface area (Å²) in [6.07, 6.45) is 1.35. The van der Waals surface area contributed by atoms with Crippen LogP contribution in [-0.4, -0.2) is 23.9 Å². The highest BCUT2D eigenvalue weighted by atomic mass is 19.1. The van der Waals surface area contributed by atoms with E-state index in [0.717, 1.165) is 25.0 Å². The van der Waals surface area contributed by atoms with Crippen LogP contribution in [0.3, 0.4) is 0 Å². The van der Waals surface area contributed by atoms with Crippen molar-refractivity contribution >= 4 is 5.97 Å². The van der Waals surface area contributed by atoms with Gasteiger partial charge in [0.15, 0.2) is 0 Å². The molecule has 1 atom stereocenters. The molecule has 0 saturated heterocycles. The van der Waals surface area contributed by atoms with Crippen molar-refractivity contribution < 1.29 is 19.0 Å². The number of alkyl halides is 1. The van der Waals surface area contributed by atoms with Crippen molar-refractivity contribution in [3.8, 4) is 5.75 Å². The molecule has 1 aromatic carbocycles. The van der Waals surface area contributed by atoms with Gasteiger partial charge in [-0.2, -0.15) is 0 Å². The number of halogens is 1. The average Bonchev–Trinajstić information content (AvgIpc) is 2.36. The maximum absolute atomic E-state index is 13.0. The predicted molar refractivity (Wildman–Crippen MR) is 67.7 cm³/mol. The van der Waals surface area contributed by atoms with E-state index >= 15 is 0 Å². The van der Waals surface area contributed by atoms with E-state index in [2.05, 4.69) is 6.92 Å². The summed E-state index contributed by atoms with van der Waals surface area (Å²) in [4.78, 5) is 10.4. The minimum Gasteiger partial charge on any atom is -0.494 e. The second-order valence-electron chi connectivity index (χ2n) is 4.21. The summed E-state index contributed by atoms with van der Waals surface area (Å²) >= 11 is 0. The Morgan fingerprint density at radius 3 is 2.56 bits per heavy atom. The fourth-order valence-corrected chi connectivity index (χ4v) is 1.56. The van der Waals surface area contributed by atoms with Crippen molar-refractivity contribution in [2.45, 2.75) is 38.8 Å². The average molecular weight is 254 g/mol. The van der Waals surface area contributed by atoms with Crippen LogP contribution in [0.4, 0.5) is 4.39 Å². The molecule has 0 heterocycles. The smallest absolute Gasteiger partial charge is 0.338 e. The van der Waals surface area contributed by atoms with Crippen molar-refractivity contribution in [1.29, 1.82) is 0 Å². The van der Waals surface area contributed by atoms with Gasteiger partial charge in [0.2, 0.25) is 6.17 Å². The molecule has 0 aliphatic carbocycles. The lowest BCUT2D eigenvalue weighted by molar-refractivity contribution is -0.142. The summed E-state index contributed by atoms with van der Waals surface area (Å²) in [5, 5.41) is 8.46. The van der Waals surface area contributed by atoms with E-state index in [1.54, 1.807) is 24.3 Å². The Morgan fingerprint density at radius 2 is 2.00 bits per heavy atom. The van der Waals surface area contributed by atoms with Crippen molar-refractivity contribution in [2.75, 3.05) is 6.61 Å². The van der Waals surface area contributed by atoms with Crippen LogP contribution < -0.4 is 4.74 Å². The first-order chi connectivity index (χ1) is 8.63. The maximum Gasteiger partial charge on any atom is 0.338 e. The molecule has 0 fully saturated rings. The Labute approximate surface area is 107 Å². The van der Waals surface area contributed by atoms with Crippen molar-refractivity contribution in [3.05, 3.63) is 29.8 Å². The molecular formula is C14H19FO3. The first-order valence-electron chi connectivity index (χ1n) is 6.22. The zero-order valence-corrected chi connectivity index (χ0v) is 10.6. The first kappa shape index (κ1) is 14.5. The van der Waals surface area contributed by atoms with Gasteiger partial charge in [0.05, 0.1) is 6.61 Å². The van der Waals surface area contributed by atoms with Gasteiger partial charge in [0.1, 0.15) is 5.75 Å². The standard InChI is InChI=1S/C14H19FO3/c1-2-3-4-9-18-12-7-5-11(6-8-12)10-13(15)14(16)17/h5-8,13H,2-4,9-10H2,1H3,(H,16,17). The molecule has 0 bridgehead atoms. The van der Waals surface area contributed by atoms with Gasteiger partial charge in [-0.1, -0.05) is 31.9 Å². The summed E-state index contributed by atoms with van der Waals surface area (Å²) in [7, 11) is 0. The van der Waals surface area contributed by atoms with Crippen LogP contribution in [0, 0.1) is 0 Å². The summed E-state index contributed by atoms with van der Waals surface area (Å²) < 4.78 is 18.5. The van der Waals surface area contributed by atoms with E-state index in [-0.39, 0.29) is 6.42 Å². The summed E-state index contributed by atoms with van der Waals surface area (Å²) in [5.74, 6) is -0.685. The zero-order valence-electron chi connectivity index (χ0n) is 10.6. The van der Waals surface area contributed by atoms with E-state index in [1.807, 2.05) is 0 Å². The van der Waals surface area contributed by atoms with Gasteiger partial charge in [0, 0.05) is 6.42 Å². The number of aliphatic carboxylic acids is 1. The van der Waals surface area contributed by atoms with Gasteiger partial charge >= 0.3 is 5.97 Å². The highest BCUT2D eigenvalue weighted by molar-refractivity contribution is 5.72. The maximum atomic E-state index is 13.0. The van der Waals surface area contributed by atoms with E-state index in [1.165, 1.54) is 0 Å². The number of benzene rings is 1. The third-order valence-electron chi connectivity index (χ3n) is 2.62. The fraction of sp³-hybridized carbons (Fsp3) is 0.500. The van der Waals surface area contributed by atoms with E-state index < -0.39 is 12.1 Å². The molecule has 0 aliphatic rings. The molecule has 0 aliphatic heterocycles. The Bertz CT molecular complexity index is 362. The number of rotatable bonds is 8. The van der Waals surface area contributed by atoms with E-state index in [9.17, 15) is 9.18 Å². The summed E-state index contributed by atoms with van der Waals surface area (Å²) in [5.41, 5.74) is 0.658. The lowest BCUT2D eigenvalue weighted by Gasteiger charge is -2.07. The molecule has 1 rings (SSSR count). The van der Waals surface area contributed by atoms with Crippen LogP contribution in [0.5, 0.6) is 5.75 Å². The highest BCUT2D eigenvalue weighted by Gasteiger charge is 2.15. The molecule has 0 saturated carbocycles. The number of hydrogen-bond acceptors (Lipinski definition) is 2. The molecule has 3 nitrogen and oxygen atoms in total. The molecule has 100 valence electrons. The molecule has 0 amide bonds. The van der Waals surface area contributed by atoms with Crippen molar-refractivity contribution in [2.24, 2.45) is 0 Å². The number of hydrogen-bond donors (Lipinski definition) is 1. The van der Waals surface area contributed by atoms with Crippen molar-refractivity contribution in [3.63, 3.8) is 0 Å². The highest BCUT2D eigenvalue weighted by Crippen LogP contribution is 2.15. The molecule has 18 heavy (non-hydrogen) atoms. The van der Waals surface area contributed by atoms with Gasteiger partial charge < -0.3 is 9.84 Å². The monoisotopic (exact) mass is 254 g/mol. The Hall–Kier alpha value is -1.58. The minimum absolute atomic E-state index is 0.106. The van der Waals surface area contributed by atoms with Crippen LogP contribution in [-0.2, 0) is 11.2 Å². The minimum atomic E-state index is -1.85. The Morgan fingerprint density at radius 1 is 1.33 bits per heavy atom.